The van der Waals surface area contributed by atoms with Gasteiger partial charge in [0.05, 0.1) is 5.60 Å². The maximum absolute atomic E-state index is 11.8. The highest BCUT2D eigenvalue weighted by Crippen LogP contribution is 2.09. The largest absolute Gasteiger partial charge is 0.390 e. The molecule has 0 aromatic carbocycles. The number of likely N-dealkylation sites (tertiary alicyclic amines) is 1. The fourth-order valence-electron chi connectivity index (χ4n) is 2.02. The van der Waals surface area contributed by atoms with Crippen LogP contribution in [-0.2, 0) is 4.79 Å². The molecule has 0 spiro atoms. The molecule has 0 unspecified atom stereocenters. The number of carbonyl (C=O) groups is 1. The van der Waals surface area contributed by atoms with Crippen molar-refractivity contribution in [1.82, 2.24) is 10.2 Å². The van der Waals surface area contributed by atoms with Crippen LogP contribution in [0.2, 0.25) is 0 Å². The first-order valence-corrected chi connectivity index (χ1v) is 6.70. The molecule has 100 valence electrons. The summed E-state index contributed by atoms with van der Waals surface area (Å²) >= 11 is 0. The van der Waals surface area contributed by atoms with E-state index >= 15 is 0 Å². The maximum Gasteiger partial charge on any atom is 0.223 e. The van der Waals surface area contributed by atoms with Gasteiger partial charge in [-0.15, -0.1) is 0 Å². The monoisotopic (exact) mass is 242 g/mol. The molecule has 1 aliphatic heterocycles. The highest BCUT2D eigenvalue weighted by Gasteiger charge is 2.16. The van der Waals surface area contributed by atoms with Crippen LogP contribution < -0.4 is 5.32 Å². The van der Waals surface area contributed by atoms with Crippen LogP contribution in [0.5, 0.6) is 0 Å². The van der Waals surface area contributed by atoms with E-state index in [0.717, 1.165) is 32.5 Å². The molecule has 0 atom stereocenters. The van der Waals surface area contributed by atoms with Crippen LogP contribution >= 0.6 is 0 Å². The summed E-state index contributed by atoms with van der Waals surface area (Å²) in [6.07, 6.45) is 4.85. The molecule has 0 aromatic rings. The van der Waals surface area contributed by atoms with Gasteiger partial charge in [-0.2, -0.15) is 0 Å². The molecule has 1 heterocycles. The summed E-state index contributed by atoms with van der Waals surface area (Å²) in [6.45, 7) is 6.94. The third-order valence-corrected chi connectivity index (χ3v) is 3.14. The Morgan fingerprint density at radius 3 is 2.47 bits per heavy atom. The minimum absolute atomic E-state index is 0.264. The van der Waals surface area contributed by atoms with E-state index in [1.807, 2.05) is 4.90 Å². The van der Waals surface area contributed by atoms with Crippen LogP contribution in [0.15, 0.2) is 0 Å². The standard InChI is InChI=1S/C13H26N2O2/c1-13(2,17)7-9-14-8-6-12(16)15-10-4-3-5-11-15/h14,17H,3-11H2,1-2H3. The molecule has 1 amide bonds. The number of hydrogen-bond donors (Lipinski definition) is 2. The summed E-state index contributed by atoms with van der Waals surface area (Å²) in [4.78, 5) is 13.8. The van der Waals surface area contributed by atoms with E-state index in [0.29, 0.717) is 19.4 Å². The number of nitrogens with one attached hydrogen (secondary N) is 1. The molecule has 0 aliphatic carbocycles. The van der Waals surface area contributed by atoms with Gasteiger partial charge in [0.25, 0.3) is 0 Å². The second-order valence-corrected chi connectivity index (χ2v) is 5.50. The van der Waals surface area contributed by atoms with Gasteiger partial charge in [0.15, 0.2) is 0 Å². The quantitative estimate of drug-likeness (QED) is 0.687. The Bertz CT molecular complexity index is 230. The molecule has 1 fully saturated rings. The predicted molar refractivity (Wildman–Crippen MR) is 68.8 cm³/mol. The van der Waals surface area contributed by atoms with Gasteiger partial charge >= 0.3 is 0 Å². The fourth-order valence-corrected chi connectivity index (χ4v) is 2.02. The first kappa shape index (κ1) is 14.5. The lowest BCUT2D eigenvalue weighted by molar-refractivity contribution is -0.131. The van der Waals surface area contributed by atoms with Crippen LogP contribution in [0.25, 0.3) is 0 Å². The molecule has 2 N–H and O–H groups in total. The SMILES string of the molecule is CC(C)(O)CCNCCC(=O)N1CCCCC1. The highest BCUT2D eigenvalue weighted by atomic mass is 16.3. The van der Waals surface area contributed by atoms with Crippen molar-refractivity contribution in [3.63, 3.8) is 0 Å². The van der Waals surface area contributed by atoms with Gasteiger partial charge in [0.2, 0.25) is 5.91 Å². The number of hydrogen-bond acceptors (Lipinski definition) is 3. The lowest BCUT2D eigenvalue weighted by Gasteiger charge is -2.26. The molecule has 0 aromatic heterocycles. The third kappa shape index (κ3) is 6.64. The summed E-state index contributed by atoms with van der Waals surface area (Å²) in [5.74, 6) is 0.264. The third-order valence-electron chi connectivity index (χ3n) is 3.14. The van der Waals surface area contributed by atoms with Crippen LogP contribution in [0.1, 0.15) is 46.0 Å². The summed E-state index contributed by atoms with van der Waals surface area (Å²) in [7, 11) is 0. The Balaban J connectivity index is 2.04. The van der Waals surface area contributed by atoms with Crippen LogP contribution in [-0.4, -0.2) is 47.7 Å². The van der Waals surface area contributed by atoms with Gasteiger partial charge in [-0.1, -0.05) is 0 Å². The van der Waals surface area contributed by atoms with E-state index < -0.39 is 5.60 Å². The van der Waals surface area contributed by atoms with Crippen molar-refractivity contribution in [2.24, 2.45) is 0 Å². The number of carbonyl (C=O) groups excluding carboxylic acids is 1. The smallest absolute Gasteiger partial charge is 0.223 e. The van der Waals surface area contributed by atoms with E-state index in [9.17, 15) is 9.90 Å². The second kappa shape index (κ2) is 6.97. The first-order chi connectivity index (χ1) is 7.99. The second-order valence-electron chi connectivity index (χ2n) is 5.50. The number of aliphatic hydroxyl groups is 1. The van der Waals surface area contributed by atoms with Crippen molar-refractivity contribution in [3.05, 3.63) is 0 Å². The predicted octanol–water partition coefficient (Wildman–Crippen LogP) is 1.14. The minimum atomic E-state index is -0.621. The van der Waals surface area contributed by atoms with Gasteiger partial charge in [0, 0.05) is 26.1 Å². The zero-order valence-electron chi connectivity index (χ0n) is 11.2. The molecule has 1 saturated heterocycles. The van der Waals surface area contributed by atoms with E-state index in [1.54, 1.807) is 13.8 Å². The molecule has 0 saturated carbocycles. The zero-order valence-corrected chi connectivity index (χ0v) is 11.2. The Labute approximate surface area is 104 Å². The average molecular weight is 242 g/mol. The fraction of sp³-hybridized carbons (Fsp3) is 0.923. The lowest BCUT2D eigenvalue weighted by atomic mass is 10.1. The van der Waals surface area contributed by atoms with Gasteiger partial charge < -0.3 is 15.3 Å². The van der Waals surface area contributed by atoms with Crippen molar-refractivity contribution >= 4 is 5.91 Å². The van der Waals surface area contributed by atoms with Gasteiger partial charge in [-0.3, -0.25) is 4.79 Å². The highest BCUT2D eigenvalue weighted by molar-refractivity contribution is 5.76. The molecule has 0 radical (unpaired) electrons. The Morgan fingerprint density at radius 1 is 1.24 bits per heavy atom. The summed E-state index contributed by atoms with van der Waals surface area (Å²) in [6, 6.07) is 0. The summed E-state index contributed by atoms with van der Waals surface area (Å²) in [5, 5.41) is 12.7. The van der Waals surface area contributed by atoms with Gasteiger partial charge in [-0.25, -0.2) is 0 Å². The van der Waals surface area contributed by atoms with Crippen LogP contribution in [0, 0.1) is 0 Å². The number of nitrogens with zero attached hydrogens (tertiary/aromatic N) is 1. The van der Waals surface area contributed by atoms with Crippen molar-refractivity contribution in [3.8, 4) is 0 Å². The van der Waals surface area contributed by atoms with Gasteiger partial charge in [0.1, 0.15) is 0 Å². The Hall–Kier alpha value is -0.610. The molecule has 4 heteroatoms. The van der Waals surface area contributed by atoms with Crippen molar-refractivity contribution in [2.45, 2.75) is 51.6 Å². The minimum Gasteiger partial charge on any atom is -0.390 e. The summed E-state index contributed by atoms with van der Waals surface area (Å²) in [5.41, 5.74) is -0.621. The molecule has 0 bridgehead atoms. The molecule has 4 nitrogen and oxygen atoms in total. The first-order valence-electron chi connectivity index (χ1n) is 6.70. The van der Waals surface area contributed by atoms with E-state index in [1.165, 1.54) is 6.42 Å². The maximum atomic E-state index is 11.8. The lowest BCUT2D eigenvalue weighted by Crippen LogP contribution is -2.37. The number of amides is 1. The average Bonchev–Trinajstić information content (AvgIpc) is 2.28. The molecular formula is C13H26N2O2. The molecular weight excluding hydrogens is 216 g/mol. The van der Waals surface area contributed by atoms with E-state index in [-0.39, 0.29) is 5.91 Å². The van der Waals surface area contributed by atoms with Crippen molar-refractivity contribution in [1.29, 1.82) is 0 Å². The molecule has 17 heavy (non-hydrogen) atoms. The number of rotatable bonds is 6. The van der Waals surface area contributed by atoms with Crippen LogP contribution in [0.3, 0.4) is 0 Å². The molecule has 1 rings (SSSR count). The van der Waals surface area contributed by atoms with E-state index in [4.69, 9.17) is 0 Å². The topological polar surface area (TPSA) is 52.6 Å². The number of piperidine rings is 1. The zero-order chi connectivity index (χ0) is 12.7. The van der Waals surface area contributed by atoms with Crippen LogP contribution in [0.4, 0.5) is 0 Å². The summed E-state index contributed by atoms with van der Waals surface area (Å²) < 4.78 is 0. The normalized spacial score (nSPS) is 17.2. The van der Waals surface area contributed by atoms with E-state index in [2.05, 4.69) is 5.32 Å². The molecule has 1 aliphatic rings. The Morgan fingerprint density at radius 2 is 1.88 bits per heavy atom. The van der Waals surface area contributed by atoms with Crippen molar-refractivity contribution in [2.75, 3.05) is 26.2 Å². The van der Waals surface area contributed by atoms with Crippen molar-refractivity contribution < 1.29 is 9.90 Å². The Kier molecular flexibility index (Phi) is 5.92. The van der Waals surface area contributed by atoms with Gasteiger partial charge in [-0.05, 0) is 46.1 Å².